The number of hydrogen-bond donors (Lipinski definition) is 1. The van der Waals surface area contributed by atoms with E-state index >= 15 is 0 Å². The van der Waals surface area contributed by atoms with Gasteiger partial charge in [-0.15, -0.1) is 0 Å². The molecule has 1 atom stereocenters. The summed E-state index contributed by atoms with van der Waals surface area (Å²) in [6, 6.07) is 3.16. The fourth-order valence-electron chi connectivity index (χ4n) is 5.91. The Morgan fingerprint density at radius 2 is 2.00 bits per heavy atom. The van der Waals surface area contributed by atoms with Crippen LogP contribution in [0, 0.1) is 12.7 Å². The molecule has 0 bridgehead atoms. The van der Waals surface area contributed by atoms with Gasteiger partial charge in [-0.1, -0.05) is 6.92 Å². The number of carbonyl (C=O) groups is 2. The summed E-state index contributed by atoms with van der Waals surface area (Å²) in [6.45, 7) is 3.19. The fraction of sp³-hybridized carbons (Fsp3) is 0.385. The zero-order valence-corrected chi connectivity index (χ0v) is 19.5. The first-order valence-electron chi connectivity index (χ1n) is 11.8. The van der Waals surface area contributed by atoms with Gasteiger partial charge in [0.05, 0.1) is 35.6 Å². The van der Waals surface area contributed by atoms with Gasteiger partial charge in [0, 0.05) is 22.6 Å². The van der Waals surface area contributed by atoms with Crippen molar-refractivity contribution in [2.75, 3.05) is 6.54 Å². The van der Waals surface area contributed by atoms with Crippen molar-refractivity contribution in [3.63, 3.8) is 0 Å². The van der Waals surface area contributed by atoms with Gasteiger partial charge < -0.3 is 19.8 Å². The Hall–Kier alpha value is -3.59. The van der Waals surface area contributed by atoms with Gasteiger partial charge in [0.25, 0.3) is 5.56 Å². The van der Waals surface area contributed by atoms with E-state index in [4.69, 9.17) is 20.2 Å². The number of cyclic esters (lactones) is 1. The first-order chi connectivity index (χ1) is 16.8. The lowest BCUT2D eigenvalue weighted by Gasteiger charge is -2.35. The molecular formula is C26H24FN3O5. The van der Waals surface area contributed by atoms with Crippen molar-refractivity contribution < 1.29 is 23.5 Å². The zero-order valence-electron chi connectivity index (χ0n) is 19.5. The van der Waals surface area contributed by atoms with Gasteiger partial charge in [-0.25, -0.2) is 14.2 Å². The summed E-state index contributed by atoms with van der Waals surface area (Å²) in [7, 11) is 0. The van der Waals surface area contributed by atoms with Crippen molar-refractivity contribution in [2.45, 2.75) is 58.3 Å². The predicted molar refractivity (Wildman–Crippen MR) is 124 cm³/mol. The molecule has 4 heterocycles. The highest BCUT2D eigenvalue weighted by Gasteiger charge is 2.50. The van der Waals surface area contributed by atoms with Crippen LogP contribution in [0.3, 0.4) is 0 Å². The van der Waals surface area contributed by atoms with Crippen molar-refractivity contribution in [1.82, 2.24) is 9.55 Å². The van der Waals surface area contributed by atoms with Crippen molar-refractivity contribution in [1.29, 1.82) is 0 Å². The molecular weight excluding hydrogens is 453 g/mol. The molecule has 8 nitrogen and oxygen atoms in total. The zero-order chi connectivity index (χ0) is 24.6. The minimum Gasteiger partial charge on any atom is -0.457 e. The van der Waals surface area contributed by atoms with Crippen LogP contribution in [-0.4, -0.2) is 28.0 Å². The van der Waals surface area contributed by atoms with E-state index in [0.29, 0.717) is 34.6 Å². The molecule has 3 aliphatic rings. The van der Waals surface area contributed by atoms with Gasteiger partial charge in [-0.2, -0.15) is 0 Å². The van der Waals surface area contributed by atoms with Crippen LogP contribution in [0.25, 0.3) is 22.3 Å². The number of aromatic nitrogens is 2. The normalized spacial score (nSPS) is 19.7. The van der Waals surface area contributed by atoms with Crippen LogP contribution < -0.4 is 11.3 Å². The first-order valence-corrected chi connectivity index (χ1v) is 11.8. The molecule has 0 spiro atoms. The molecule has 3 aromatic rings. The fourth-order valence-corrected chi connectivity index (χ4v) is 5.91. The summed E-state index contributed by atoms with van der Waals surface area (Å²) in [5.74, 6) is -1.81. The van der Waals surface area contributed by atoms with Gasteiger partial charge in [0.15, 0.2) is 0 Å². The summed E-state index contributed by atoms with van der Waals surface area (Å²) < 4.78 is 27.2. The molecule has 1 aliphatic carbocycles. The van der Waals surface area contributed by atoms with Gasteiger partial charge in [-0.05, 0) is 55.4 Å². The number of carbonyl (C=O) groups excluding carboxylic acids is 2. The number of nitrogens with two attached hydrogens (primary N) is 1. The molecule has 0 amide bonds. The lowest BCUT2D eigenvalue weighted by molar-refractivity contribution is -0.188. The molecule has 0 radical (unpaired) electrons. The number of nitrogens with zero attached hydrogens (tertiary/aromatic N) is 2. The van der Waals surface area contributed by atoms with E-state index in [1.165, 1.54) is 6.07 Å². The minimum atomic E-state index is -1.76. The molecule has 35 heavy (non-hydrogen) atoms. The van der Waals surface area contributed by atoms with Crippen LogP contribution >= 0.6 is 0 Å². The number of hydrogen-bond acceptors (Lipinski definition) is 7. The van der Waals surface area contributed by atoms with Crippen molar-refractivity contribution in [2.24, 2.45) is 5.73 Å². The molecule has 9 heteroatoms. The molecule has 2 aliphatic heterocycles. The molecule has 2 aromatic heterocycles. The average molecular weight is 477 g/mol. The Labute approximate surface area is 199 Å². The summed E-state index contributed by atoms with van der Waals surface area (Å²) in [5, 5.41) is 0.984. The maximum absolute atomic E-state index is 14.7. The maximum Gasteiger partial charge on any atom is 0.355 e. The van der Waals surface area contributed by atoms with Crippen molar-refractivity contribution in [3.05, 3.63) is 61.7 Å². The van der Waals surface area contributed by atoms with E-state index < -0.39 is 24.1 Å². The van der Waals surface area contributed by atoms with Crippen LogP contribution in [0.1, 0.15) is 53.1 Å². The van der Waals surface area contributed by atoms with E-state index in [2.05, 4.69) is 0 Å². The van der Waals surface area contributed by atoms with Crippen LogP contribution in [-0.2, 0) is 50.7 Å². The van der Waals surface area contributed by atoms with Gasteiger partial charge in [-0.3, -0.25) is 9.59 Å². The van der Waals surface area contributed by atoms with E-state index in [0.717, 1.165) is 41.3 Å². The molecule has 2 N–H and O–H groups in total. The molecule has 0 unspecified atom stereocenters. The second-order valence-electron chi connectivity index (χ2n) is 9.38. The predicted octanol–water partition coefficient (Wildman–Crippen LogP) is 2.53. The lowest BCUT2D eigenvalue weighted by atomic mass is 9.84. The third-order valence-corrected chi connectivity index (χ3v) is 7.69. The number of fused-ring (bicyclic) bond motifs is 5. The Morgan fingerprint density at radius 3 is 2.74 bits per heavy atom. The van der Waals surface area contributed by atoms with Crippen molar-refractivity contribution >= 4 is 22.8 Å². The quantitative estimate of drug-likeness (QED) is 0.451. The number of ether oxygens (including phenoxy) is 2. The number of aryl methyl sites for hydroxylation is 2. The molecule has 1 aromatic carbocycles. The molecule has 180 valence electrons. The molecule has 0 fully saturated rings. The highest BCUT2D eigenvalue weighted by atomic mass is 19.1. The lowest BCUT2D eigenvalue weighted by Crippen LogP contribution is -2.48. The van der Waals surface area contributed by atoms with E-state index in [9.17, 15) is 18.8 Å². The third kappa shape index (κ3) is 2.81. The first kappa shape index (κ1) is 21.9. The SMILES string of the molecule is CC[C@@]1(OC(=O)CN)C(=O)OCc2c1cc1n(c2=O)Cc2c-1nc1cc(F)c(C)c3c1c2CCC3. The van der Waals surface area contributed by atoms with Crippen LogP contribution in [0.15, 0.2) is 16.9 Å². The van der Waals surface area contributed by atoms with Crippen molar-refractivity contribution in [3.8, 4) is 11.4 Å². The molecule has 0 saturated carbocycles. The highest BCUT2D eigenvalue weighted by Crippen LogP contribution is 2.44. The maximum atomic E-state index is 14.7. The Bertz CT molecular complexity index is 1540. The molecule has 0 saturated heterocycles. The van der Waals surface area contributed by atoms with Crippen LogP contribution in [0.2, 0.25) is 0 Å². The Kier molecular flexibility index (Phi) is 4.67. The highest BCUT2D eigenvalue weighted by molar-refractivity contribution is 5.93. The van der Waals surface area contributed by atoms with Crippen LogP contribution in [0.5, 0.6) is 0 Å². The van der Waals surface area contributed by atoms with E-state index in [1.807, 2.05) is 0 Å². The summed E-state index contributed by atoms with van der Waals surface area (Å²) in [4.78, 5) is 43.5. The van der Waals surface area contributed by atoms with E-state index in [-0.39, 0.29) is 30.0 Å². The summed E-state index contributed by atoms with van der Waals surface area (Å²) in [5.41, 5.74) is 9.28. The van der Waals surface area contributed by atoms with Crippen LogP contribution in [0.4, 0.5) is 4.39 Å². The standard InChI is InChI=1S/C26H24FN3O5/c1-3-26(35-21(31)9-28)17-7-20-23-15(10-30(20)24(32)16(17)11-34-25(26)33)14-6-4-5-13-12(2)18(27)8-19(29-23)22(13)14/h7-8H,3-6,9-11,28H2,1-2H3/t26-/m0/s1. The second-order valence-corrected chi connectivity index (χ2v) is 9.38. The second kappa shape index (κ2) is 7.45. The Morgan fingerprint density at radius 1 is 1.23 bits per heavy atom. The number of halogens is 1. The smallest absolute Gasteiger partial charge is 0.355 e. The summed E-state index contributed by atoms with van der Waals surface area (Å²) in [6.07, 6.45) is 2.57. The average Bonchev–Trinajstić information content (AvgIpc) is 3.23. The topological polar surface area (TPSA) is 114 Å². The van der Waals surface area contributed by atoms with Gasteiger partial charge >= 0.3 is 11.9 Å². The van der Waals surface area contributed by atoms with Gasteiger partial charge in [0.2, 0.25) is 5.60 Å². The number of esters is 2. The Balaban J connectivity index is 1.64. The van der Waals surface area contributed by atoms with E-state index in [1.54, 1.807) is 24.5 Å². The van der Waals surface area contributed by atoms with Gasteiger partial charge in [0.1, 0.15) is 12.4 Å². The third-order valence-electron chi connectivity index (χ3n) is 7.69. The summed E-state index contributed by atoms with van der Waals surface area (Å²) >= 11 is 0. The minimum absolute atomic E-state index is 0.0740. The number of pyridine rings is 2. The largest absolute Gasteiger partial charge is 0.457 e. The monoisotopic (exact) mass is 477 g/mol. The number of rotatable bonds is 3. The number of benzene rings is 1. The molecule has 6 rings (SSSR count).